The number of carbonyl (C=O) groups is 2. The molecule has 0 saturated heterocycles. The van der Waals surface area contributed by atoms with Crippen LogP contribution in [0.2, 0.25) is 0 Å². The average Bonchev–Trinajstić information content (AvgIpc) is 2.96. The summed E-state index contributed by atoms with van der Waals surface area (Å²) in [4.78, 5) is 23.2. The summed E-state index contributed by atoms with van der Waals surface area (Å²) in [5.74, 6) is 0.635. The largest absolute Gasteiger partial charge is 0.338 e. The van der Waals surface area contributed by atoms with Gasteiger partial charge >= 0.3 is 6.03 Å². The van der Waals surface area contributed by atoms with E-state index in [4.69, 9.17) is 0 Å². The minimum Gasteiger partial charge on any atom is -0.338 e. The van der Waals surface area contributed by atoms with Gasteiger partial charge in [-0.15, -0.1) is 10.2 Å². The second-order valence-electron chi connectivity index (χ2n) is 5.41. The highest BCUT2D eigenvalue weighted by Gasteiger charge is 2.15. The van der Waals surface area contributed by atoms with Crippen molar-refractivity contribution < 1.29 is 9.59 Å². The van der Waals surface area contributed by atoms with Gasteiger partial charge in [-0.25, -0.2) is 4.79 Å². The van der Waals surface area contributed by atoms with Crippen molar-refractivity contribution in [3.05, 3.63) is 41.7 Å². The molecule has 0 aliphatic carbocycles. The van der Waals surface area contributed by atoms with E-state index < -0.39 is 6.03 Å². The van der Waals surface area contributed by atoms with Crippen LogP contribution < -0.4 is 10.6 Å². The molecule has 0 saturated carbocycles. The van der Waals surface area contributed by atoms with Crippen LogP contribution in [0.15, 0.2) is 35.5 Å². The molecule has 1 aromatic carbocycles. The van der Waals surface area contributed by atoms with Gasteiger partial charge in [0.05, 0.1) is 5.75 Å². The van der Waals surface area contributed by atoms with E-state index in [1.807, 2.05) is 22.8 Å². The summed E-state index contributed by atoms with van der Waals surface area (Å²) in [6.45, 7) is 5.14. The van der Waals surface area contributed by atoms with Gasteiger partial charge in [0.1, 0.15) is 5.82 Å². The summed E-state index contributed by atoms with van der Waals surface area (Å²) in [5, 5.41) is 14.0. The van der Waals surface area contributed by atoms with E-state index in [1.165, 1.54) is 11.8 Å². The zero-order chi connectivity index (χ0) is 18.1. The fourth-order valence-electron chi connectivity index (χ4n) is 2.28. The minimum atomic E-state index is -0.479. The number of nitrogens with one attached hydrogen (secondary N) is 2. The van der Waals surface area contributed by atoms with Crippen LogP contribution in [-0.4, -0.2) is 39.0 Å². The Labute approximate surface area is 151 Å². The van der Waals surface area contributed by atoms with Gasteiger partial charge in [-0.1, -0.05) is 49.0 Å². The number of rotatable bonds is 8. The summed E-state index contributed by atoms with van der Waals surface area (Å²) >= 11 is 1.28. The van der Waals surface area contributed by atoms with Crippen molar-refractivity contribution in [2.75, 3.05) is 12.3 Å². The lowest BCUT2D eigenvalue weighted by Crippen LogP contribution is -2.40. The lowest BCUT2D eigenvalue weighted by atomic mass is 10.1. The first-order chi connectivity index (χ1) is 12.1. The van der Waals surface area contributed by atoms with Crippen molar-refractivity contribution in [1.29, 1.82) is 0 Å². The molecule has 2 N–H and O–H groups in total. The molecule has 134 valence electrons. The molecule has 0 aliphatic heterocycles. The number of amides is 3. The Morgan fingerprint density at radius 3 is 2.60 bits per heavy atom. The van der Waals surface area contributed by atoms with E-state index >= 15 is 0 Å². The van der Waals surface area contributed by atoms with Crippen molar-refractivity contribution in [3.8, 4) is 0 Å². The molecule has 0 aliphatic rings. The van der Waals surface area contributed by atoms with Crippen LogP contribution in [-0.2, 0) is 17.8 Å². The normalized spacial score (nSPS) is 10.5. The molecular weight excluding hydrogens is 338 g/mol. The number of urea groups is 1. The van der Waals surface area contributed by atoms with Crippen LogP contribution >= 0.6 is 11.8 Å². The Bertz CT molecular complexity index is 702. The van der Waals surface area contributed by atoms with Crippen LogP contribution in [0.1, 0.15) is 31.7 Å². The molecule has 2 rings (SSSR count). The monoisotopic (exact) mass is 361 g/mol. The van der Waals surface area contributed by atoms with Gasteiger partial charge in [0.25, 0.3) is 0 Å². The Morgan fingerprint density at radius 2 is 1.92 bits per heavy atom. The van der Waals surface area contributed by atoms with Crippen molar-refractivity contribution in [2.24, 2.45) is 0 Å². The number of carbonyl (C=O) groups excluding carboxylic acids is 2. The second kappa shape index (κ2) is 9.83. The molecule has 3 amide bonds. The SMILES string of the molecule is CCCn1c(Cc2ccccc2)nnc1SCC(=O)NC(=O)NCC. The van der Waals surface area contributed by atoms with Gasteiger partial charge in [-0.05, 0) is 18.9 Å². The second-order valence-corrected chi connectivity index (χ2v) is 6.35. The number of thioether (sulfide) groups is 1. The van der Waals surface area contributed by atoms with E-state index in [0.717, 1.165) is 24.4 Å². The molecule has 0 radical (unpaired) electrons. The zero-order valence-electron chi connectivity index (χ0n) is 14.5. The lowest BCUT2D eigenvalue weighted by molar-refractivity contribution is -0.117. The van der Waals surface area contributed by atoms with Crippen molar-refractivity contribution in [2.45, 2.75) is 38.4 Å². The molecule has 0 fully saturated rings. The van der Waals surface area contributed by atoms with Gasteiger partial charge < -0.3 is 9.88 Å². The highest BCUT2D eigenvalue weighted by atomic mass is 32.2. The van der Waals surface area contributed by atoms with Crippen molar-refractivity contribution in [3.63, 3.8) is 0 Å². The molecule has 1 aromatic heterocycles. The van der Waals surface area contributed by atoms with Crippen LogP contribution in [0.5, 0.6) is 0 Å². The van der Waals surface area contributed by atoms with Crippen LogP contribution in [0.25, 0.3) is 0 Å². The fourth-order valence-corrected chi connectivity index (χ4v) is 3.06. The lowest BCUT2D eigenvalue weighted by Gasteiger charge is -2.09. The van der Waals surface area contributed by atoms with Crippen LogP contribution in [0.3, 0.4) is 0 Å². The third-order valence-corrected chi connectivity index (χ3v) is 4.34. The summed E-state index contributed by atoms with van der Waals surface area (Å²) in [6, 6.07) is 9.60. The van der Waals surface area contributed by atoms with E-state index in [1.54, 1.807) is 6.92 Å². The Morgan fingerprint density at radius 1 is 1.16 bits per heavy atom. The number of aromatic nitrogens is 3. The first kappa shape index (κ1) is 19.0. The first-order valence-corrected chi connectivity index (χ1v) is 9.29. The highest BCUT2D eigenvalue weighted by molar-refractivity contribution is 7.99. The maximum absolute atomic E-state index is 11.8. The molecule has 0 spiro atoms. The van der Waals surface area contributed by atoms with Crippen molar-refractivity contribution >= 4 is 23.7 Å². The first-order valence-electron chi connectivity index (χ1n) is 8.30. The molecule has 25 heavy (non-hydrogen) atoms. The molecule has 0 unspecified atom stereocenters. The predicted molar refractivity (Wildman–Crippen MR) is 97.5 cm³/mol. The van der Waals surface area contributed by atoms with Crippen molar-refractivity contribution in [1.82, 2.24) is 25.4 Å². The molecule has 2 aromatic rings. The number of benzene rings is 1. The van der Waals surface area contributed by atoms with E-state index in [-0.39, 0.29) is 11.7 Å². The van der Waals surface area contributed by atoms with Crippen LogP contribution in [0, 0.1) is 0 Å². The third kappa shape index (κ3) is 5.90. The van der Waals surface area contributed by atoms with E-state index in [2.05, 4.69) is 39.9 Å². The minimum absolute atomic E-state index is 0.115. The molecule has 8 heteroatoms. The maximum atomic E-state index is 11.8. The smallest absolute Gasteiger partial charge is 0.321 e. The van der Waals surface area contributed by atoms with Gasteiger partial charge in [0.2, 0.25) is 5.91 Å². The fraction of sp³-hybridized carbons (Fsp3) is 0.412. The molecule has 0 bridgehead atoms. The Balaban J connectivity index is 2.00. The Kier molecular flexibility index (Phi) is 7.46. The number of hydrogen-bond donors (Lipinski definition) is 2. The summed E-state index contributed by atoms with van der Waals surface area (Å²) in [6.07, 6.45) is 1.64. The number of hydrogen-bond acceptors (Lipinski definition) is 5. The maximum Gasteiger partial charge on any atom is 0.321 e. The standard InChI is InChI=1S/C17H23N5O2S/c1-3-10-22-14(11-13-8-6-5-7-9-13)20-21-17(22)25-12-15(23)19-16(24)18-4-2/h5-9H,3-4,10-12H2,1-2H3,(H2,18,19,23,24). The average molecular weight is 361 g/mol. The van der Waals surface area contributed by atoms with Gasteiger partial charge in [0.15, 0.2) is 5.16 Å². The van der Waals surface area contributed by atoms with Crippen LogP contribution in [0.4, 0.5) is 4.79 Å². The molecule has 1 heterocycles. The van der Waals surface area contributed by atoms with Gasteiger partial charge in [0, 0.05) is 19.5 Å². The Hall–Kier alpha value is -2.35. The molecule has 0 atom stereocenters. The van der Waals surface area contributed by atoms with Gasteiger partial charge in [-0.2, -0.15) is 0 Å². The number of imide groups is 1. The summed E-state index contributed by atoms with van der Waals surface area (Å²) < 4.78 is 2.04. The topological polar surface area (TPSA) is 88.9 Å². The van der Waals surface area contributed by atoms with E-state index in [9.17, 15) is 9.59 Å². The highest BCUT2D eigenvalue weighted by Crippen LogP contribution is 2.19. The summed E-state index contributed by atoms with van der Waals surface area (Å²) in [5.41, 5.74) is 1.16. The van der Waals surface area contributed by atoms with E-state index in [0.29, 0.717) is 18.1 Å². The quantitative estimate of drug-likeness (QED) is 0.704. The molecular formula is C17H23N5O2S. The zero-order valence-corrected chi connectivity index (χ0v) is 15.3. The predicted octanol–water partition coefficient (Wildman–Crippen LogP) is 2.22. The third-order valence-electron chi connectivity index (χ3n) is 3.37. The molecule has 7 nitrogen and oxygen atoms in total. The summed E-state index contributed by atoms with van der Waals surface area (Å²) in [7, 11) is 0. The van der Waals surface area contributed by atoms with Gasteiger partial charge in [-0.3, -0.25) is 10.1 Å². The number of nitrogens with zero attached hydrogens (tertiary/aromatic N) is 3.